The summed E-state index contributed by atoms with van der Waals surface area (Å²) in [6.07, 6.45) is 0.519. The van der Waals surface area contributed by atoms with Crippen LogP contribution in [0.25, 0.3) is 0 Å². The topological polar surface area (TPSA) is 136 Å². The summed E-state index contributed by atoms with van der Waals surface area (Å²) in [6.45, 7) is 3.45. The fourth-order valence-electron chi connectivity index (χ4n) is 6.17. The maximum Gasteiger partial charge on any atom is 0.223 e. The lowest BCUT2D eigenvalue weighted by atomic mass is 9.70. The molecule has 1 saturated heterocycles. The van der Waals surface area contributed by atoms with Crippen molar-refractivity contribution in [1.82, 2.24) is 14.9 Å². The molecule has 2 aliphatic rings. The van der Waals surface area contributed by atoms with E-state index in [2.05, 4.69) is 10.6 Å². The smallest absolute Gasteiger partial charge is 0.223 e. The second kappa shape index (κ2) is 14.3. The summed E-state index contributed by atoms with van der Waals surface area (Å²) >= 11 is 12.6. The zero-order chi connectivity index (χ0) is 31.5. The highest BCUT2D eigenvalue weighted by atomic mass is 35.5. The summed E-state index contributed by atoms with van der Waals surface area (Å²) in [5, 5.41) is 25.1. The number of hydrogen-bond acceptors (Lipinski definition) is 6. The van der Waals surface area contributed by atoms with Gasteiger partial charge < -0.3 is 20.8 Å². The van der Waals surface area contributed by atoms with Gasteiger partial charge in [0.25, 0.3) is 0 Å². The lowest BCUT2D eigenvalue weighted by Crippen LogP contribution is -2.54. The quantitative estimate of drug-likeness (QED) is 0.259. The van der Waals surface area contributed by atoms with Gasteiger partial charge in [-0.25, -0.2) is 8.42 Å². The third kappa shape index (κ3) is 8.09. The van der Waals surface area contributed by atoms with E-state index in [9.17, 15) is 23.1 Å². The van der Waals surface area contributed by atoms with Gasteiger partial charge in [-0.3, -0.25) is 9.59 Å². The van der Waals surface area contributed by atoms with Crippen LogP contribution < -0.4 is 10.6 Å². The van der Waals surface area contributed by atoms with Crippen LogP contribution in [0.3, 0.4) is 0 Å². The van der Waals surface area contributed by atoms with Crippen molar-refractivity contribution < 1.29 is 28.2 Å². The SMILES string of the molecule is CC(C(C)[C@@H]1NC(=O)[C@@H](CC(=O)NC[C@@H](O)CO)C[C@@H]1c1cccc(Cl)c1)C(c1ccc(Cl)cc1)N(C)S(=O)(=O)C1CC1. The summed E-state index contributed by atoms with van der Waals surface area (Å²) in [5.74, 6) is -1.91. The number of nitrogens with zero attached hydrogens (tertiary/aromatic N) is 1. The van der Waals surface area contributed by atoms with Crippen molar-refractivity contribution >= 4 is 45.0 Å². The Bertz CT molecular complexity index is 1390. The van der Waals surface area contributed by atoms with Crippen LogP contribution in [0, 0.1) is 17.8 Å². The number of carbonyl (C=O) groups is 2. The first kappa shape index (κ1) is 33.7. The average molecular weight is 655 g/mol. The highest BCUT2D eigenvalue weighted by Crippen LogP contribution is 2.44. The molecule has 12 heteroatoms. The second-order valence-electron chi connectivity index (χ2n) is 11.9. The van der Waals surface area contributed by atoms with Gasteiger partial charge in [0.2, 0.25) is 21.8 Å². The van der Waals surface area contributed by atoms with E-state index < -0.39 is 40.6 Å². The van der Waals surface area contributed by atoms with Crippen LogP contribution in [-0.4, -0.2) is 72.3 Å². The third-order valence-corrected chi connectivity index (χ3v) is 11.8. The number of carbonyl (C=O) groups excluding carboxylic acids is 2. The van der Waals surface area contributed by atoms with E-state index in [1.54, 1.807) is 25.2 Å². The third-order valence-electron chi connectivity index (χ3n) is 8.95. The van der Waals surface area contributed by atoms with Gasteiger partial charge in [0, 0.05) is 47.9 Å². The number of amides is 2. The molecule has 7 atom stereocenters. The van der Waals surface area contributed by atoms with E-state index in [0.29, 0.717) is 29.3 Å². The molecule has 43 heavy (non-hydrogen) atoms. The Kier molecular flexibility index (Phi) is 11.2. The van der Waals surface area contributed by atoms with Crippen molar-refractivity contribution in [2.45, 2.75) is 68.9 Å². The zero-order valence-electron chi connectivity index (χ0n) is 24.6. The Balaban J connectivity index is 1.64. The molecule has 4 N–H and O–H groups in total. The molecular formula is C31H41Cl2N3O6S. The van der Waals surface area contributed by atoms with Gasteiger partial charge in [-0.05, 0) is 66.5 Å². The molecule has 1 aliphatic heterocycles. The molecule has 3 unspecified atom stereocenters. The van der Waals surface area contributed by atoms with Crippen molar-refractivity contribution in [2.75, 3.05) is 20.2 Å². The van der Waals surface area contributed by atoms with Crippen LogP contribution in [0.2, 0.25) is 10.0 Å². The molecule has 2 fully saturated rings. The van der Waals surface area contributed by atoms with Gasteiger partial charge in [-0.1, -0.05) is 61.3 Å². The molecule has 2 aromatic carbocycles. The van der Waals surface area contributed by atoms with E-state index in [1.165, 1.54) is 4.31 Å². The predicted octanol–water partition coefficient (Wildman–Crippen LogP) is 3.88. The van der Waals surface area contributed by atoms with Crippen LogP contribution in [-0.2, 0) is 19.6 Å². The first-order valence-corrected chi connectivity index (χ1v) is 16.9. The molecule has 1 aliphatic carbocycles. The van der Waals surface area contributed by atoms with Gasteiger partial charge in [-0.15, -0.1) is 0 Å². The molecule has 9 nitrogen and oxygen atoms in total. The Hall–Kier alpha value is -2.21. The zero-order valence-corrected chi connectivity index (χ0v) is 26.9. The molecule has 0 spiro atoms. The van der Waals surface area contributed by atoms with E-state index >= 15 is 0 Å². The van der Waals surface area contributed by atoms with Crippen LogP contribution >= 0.6 is 23.2 Å². The number of rotatable bonds is 13. The van der Waals surface area contributed by atoms with Crippen molar-refractivity contribution in [1.29, 1.82) is 0 Å². The van der Waals surface area contributed by atoms with Gasteiger partial charge in [0.15, 0.2) is 0 Å². The first-order valence-electron chi connectivity index (χ1n) is 14.7. The highest BCUT2D eigenvalue weighted by molar-refractivity contribution is 7.90. The van der Waals surface area contributed by atoms with Gasteiger partial charge >= 0.3 is 0 Å². The van der Waals surface area contributed by atoms with E-state index in [4.69, 9.17) is 28.3 Å². The number of hydrogen-bond donors (Lipinski definition) is 4. The standard InChI is InChI=1S/C31H41Cl2N3O6S/c1-18(19(2)30(20-7-9-23(32)10-8-20)36(3)43(41,42)26-11-12-26)29-27(21-5-4-6-24(33)13-21)14-22(31(40)35-29)15-28(39)34-16-25(38)17-37/h4-10,13,18-19,22,25-27,29-30,37-38H,11-12,14-17H2,1-3H3,(H,34,39)(H,35,40)/t18?,19?,22-,25-,27-,29+,30?/m1/s1. The number of aliphatic hydroxyl groups is 2. The fourth-order valence-corrected chi connectivity index (χ4v) is 8.33. The summed E-state index contributed by atoms with van der Waals surface area (Å²) in [4.78, 5) is 26.1. The maximum atomic E-state index is 13.5. The van der Waals surface area contributed by atoms with Crippen molar-refractivity contribution in [2.24, 2.45) is 17.8 Å². The largest absolute Gasteiger partial charge is 0.394 e. The molecule has 2 aromatic rings. The minimum atomic E-state index is -3.53. The minimum absolute atomic E-state index is 0.0759. The molecule has 0 aromatic heterocycles. The lowest BCUT2D eigenvalue weighted by molar-refractivity contribution is -0.134. The summed E-state index contributed by atoms with van der Waals surface area (Å²) < 4.78 is 28.4. The van der Waals surface area contributed by atoms with Crippen LogP contribution in [0.5, 0.6) is 0 Å². The van der Waals surface area contributed by atoms with Crippen LogP contribution in [0.1, 0.15) is 62.6 Å². The van der Waals surface area contributed by atoms with Crippen LogP contribution in [0.15, 0.2) is 48.5 Å². The van der Waals surface area contributed by atoms with Crippen molar-refractivity contribution in [3.8, 4) is 0 Å². The van der Waals surface area contributed by atoms with Crippen LogP contribution in [0.4, 0.5) is 0 Å². The number of nitrogens with one attached hydrogen (secondary N) is 2. The molecular weight excluding hydrogens is 613 g/mol. The Morgan fingerprint density at radius 1 is 1.12 bits per heavy atom. The molecule has 0 bridgehead atoms. The monoisotopic (exact) mass is 653 g/mol. The van der Waals surface area contributed by atoms with Gasteiger partial charge in [0.1, 0.15) is 0 Å². The summed E-state index contributed by atoms with van der Waals surface area (Å²) in [6, 6.07) is 13.8. The number of halogens is 2. The molecule has 236 valence electrons. The summed E-state index contributed by atoms with van der Waals surface area (Å²) in [5.41, 5.74) is 1.73. The second-order valence-corrected chi connectivity index (χ2v) is 15.1. The number of aliphatic hydroxyl groups excluding tert-OH is 2. The van der Waals surface area contributed by atoms with Crippen molar-refractivity contribution in [3.05, 3.63) is 69.7 Å². The Morgan fingerprint density at radius 2 is 1.79 bits per heavy atom. The molecule has 1 saturated carbocycles. The minimum Gasteiger partial charge on any atom is -0.394 e. The molecule has 1 heterocycles. The fraction of sp³-hybridized carbons (Fsp3) is 0.548. The Labute approximate surface area is 264 Å². The van der Waals surface area contributed by atoms with E-state index in [0.717, 1.165) is 11.1 Å². The molecule has 4 rings (SSSR count). The highest BCUT2D eigenvalue weighted by Gasteiger charge is 2.46. The number of sulfonamides is 1. The normalized spacial score (nSPS) is 23.7. The average Bonchev–Trinajstić information content (AvgIpc) is 3.84. The number of piperidine rings is 1. The molecule has 0 radical (unpaired) electrons. The van der Waals surface area contributed by atoms with E-state index in [-0.39, 0.29) is 47.9 Å². The lowest BCUT2D eigenvalue weighted by Gasteiger charge is -2.44. The first-order chi connectivity index (χ1) is 20.3. The van der Waals surface area contributed by atoms with E-state index in [1.807, 2.05) is 44.2 Å². The Morgan fingerprint density at radius 3 is 2.40 bits per heavy atom. The van der Waals surface area contributed by atoms with Gasteiger partial charge in [-0.2, -0.15) is 4.31 Å². The van der Waals surface area contributed by atoms with Gasteiger partial charge in [0.05, 0.1) is 24.0 Å². The van der Waals surface area contributed by atoms with Crippen molar-refractivity contribution in [3.63, 3.8) is 0 Å². The number of benzene rings is 2. The maximum absolute atomic E-state index is 13.5. The molecule has 2 amide bonds. The summed E-state index contributed by atoms with van der Waals surface area (Å²) in [7, 11) is -1.90. The predicted molar refractivity (Wildman–Crippen MR) is 167 cm³/mol.